The minimum Gasteiger partial charge on any atom is -0.454 e. The average Bonchev–Trinajstić information content (AvgIpc) is 2.98. The summed E-state index contributed by atoms with van der Waals surface area (Å²) in [5.74, 6) is 0.655. The Bertz CT molecular complexity index is 739. The molecule has 2 aromatic rings. The van der Waals surface area contributed by atoms with Crippen molar-refractivity contribution in [2.45, 2.75) is 6.42 Å². The number of rotatable bonds is 5. The van der Waals surface area contributed by atoms with Crippen molar-refractivity contribution in [3.63, 3.8) is 0 Å². The minimum atomic E-state index is -0.474. The maximum atomic E-state index is 13.0. The van der Waals surface area contributed by atoms with Gasteiger partial charge in [-0.15, -0.1) is 0 Å². The van der Waals surface area contributed by atoms with Crippen molar-refractivity contribution >= 4 is 28.9 Å². The van der Waals surface area contributed by atoms with Crippen molar-refractivity contribution in [3.05, 3.63) is 47.2 Å². The molecule has 1 aliphatic rings. The van der Waals surface area contributed by atoms with Crippen LogP contribution in [0.15, 0.2) is 36.4 Å². The molecule has 0 atom stereocenters. The Morgan fingerprint density at radius 1 is 1.13 bits per heavy atom. The Morgan fingerprint density at radius 3 is 2.74 bits per heavy atom. The van der Waals surface area contributed by atoms with Crippen LogP contribution < -0.4 is 20.1 Å². The van der Waals surface area contributed by atoms with Crippen molar-refractivity contribution in [1.29, 1.82) is 0 Å². The predicted octanol–water partition coefficient (Wildman–Crippen LogP) is 3.65. The van der Waals surface area contributed by atoms with E-state index < -0.39 is 5.82 Å². The van der Waals surface area contributed by atoms with E-state index in [0.29, 0.717) is 29.4 Å². The maximum absolute atomic E-state index is 13.0. The number of hydrogen-bond donors (Lipinski definition) is 2. The van der Waals surface area contributed by atoms with Gasteiger partial charge in [-0.1, -0.05) is 11.6 Å². The van der Waals surface area contributed by atoms with Crippen molar-refractivity contribution < 1.29 is 18.7 Å². The van der Waals surface area contributed by atoms with Crippen LogP contribution in [0.4, 0.5) is 15.8 Å². The number of halogens is 2. The molecule has 0 saturated heterocycles. The number of amides is 1. The highest BCUT2D eigenvalue weighted by atomic mass is 35.5. The maximum Gasteiger partial charge on any atom is 0.231 e. The number of anilines is 2. The van der Waals surface area contributed by atoms with E-state index in [0.717, 1.165) is 0 Å². The Kier molecular flexibility index (Phi) is 4.52. The van der Waals surface area contributed by atoms with E-state index in [9.17, 15) is 9.18 Å². The molecule has 5 nitrogen and oxygen atoms in total. The molecule has 1 amide bonds. The second-order valence-electron chi connectivity index (χ2n) is 4.92. The van der Waals surface area contributed by atoms with Crippen molar-refractivity contribution in [2.24, 2.45) is 0 Å². The first-order valence-electron chi connectivity index (χ1n) is 7.00. The van der Waals surface area contributed by atoms with Crippen LogP contribution in [0, 0.1) is 5.82 Å². The minimum absolute atomic E-state index is 0.0415. The first-order chi connectivity index (χ1) is 11.1. The second kappa shape index (κ2) is 6.75. The van der Waals surface area contributed by atoms with Crippen LogP contribution in [-0.4, -0.2) is 19.2 Å². The van der Waals surface area contributed by atoms with Crippen LogP contribution in [0.5, 0.6) is 11.5 Å². The number of carbonyl (C=O) groups is 1. The lowest BCUT2D eigenvalue weighted by Crippen LogP contribution is -2.16. The van der Waals surface area contributed by atoms with Gasteiger partial charge in [0.15, 0.2) is 11.5 Å². The molecule has 0 aliphatic carbocycles. The molecular weight excluding hydrogens is 323 g/mol. The molecular formula is C16H14ClFN2O3. The van der Waals surface area contributed by atoms with Crippen LogP contribution in [0.25, 0.3) is 0 Å². The fourth-order valence-electron chi connectivity index (χ4n) is 2.12. The molecule has 0 bridgehead atoms. The molecule has 1 heterocycles. The van der Waals surface area contributed by atoms with Gasteiger partial charge >= 0.3 is 0 Å². The topological polar surface area (TPSA) is 59.6 Å². The molecule has 2 aromatic carbocycles. The van der Waals surface area contributed by atoms with Gasteiger partial charge in [0.2, 0.25) is 12.7 Å². The van der Waals surface area contributed by atoms with Crippen LogP contribution in [0.2, 0.25) is 5.02 Å². The summed E-state index contributed by atoms with van der Waals surface area (Å²) in [4.78, 5) is 11.9. The third-order valence-electron chi connectivity index (χ3n) is 3.26. The van der Waals surface area contributed by atoms with E-state index in [2.05, 4.69) is 10.6 Å². The van der Waals surface area contributed by atoms with Crippen molar-refractivity contribution in [1.82, 2.24) is 0 Å². The molecule has 120 valence electrons. The fraction of sp³-hybridized carbons (Fsp3) is 0.188. The Labute approximate surface area is 137 Å². The molecule has 0 spiro atoms. The van der Waals surface area contributed by atoms with Gasteiger partial charge in [-0.3, -0.25) is 4.79 Å². The summed E-state index contributed by atoms with van der Waals surface area (Å²) < 4.78 is 23.5. The zero-order chi connectivity index (χ0) is 16.2. The standard InChI is InChI=1S/C16H14ClFN2O3/c17-12-7-10(1-3-13(12)18)19-6-5-16(21)20-11-2-4-14-15(8-11)23-9-22-14/h1-4,7-8,19H,5-6,9H2,(H,20,21). The van der Waals surface area contributed by atoms with Gasteiger partial charge in [0.1, 0.15) is 5.82 Å². The Balaban J connectivity index is 1.49. The van der Waals surface area contributed by atoms with E-state index in [-0.39, 0.29) is 24.1 Å². The predicted molar refractivity (Wildman–Crippen MR) is 85.7 cm³/mol. The van der Waals surface area contributed by atoms with E-state index in [4.69, 9.17) is 21.1 Å². The lowest BCUT2D eigenvalue weighted by molar-refractivity contribution is -0.115. The van der Waals surface area contributed by atoms with E-state index in [1.165, 1.54) is 12.1 Å². The normalized spacial score (nSPS) is 12.1. The van der Waals surface area contributed by atoms with E-state index >= 15 is 0 Å². The van der Waals surface area contributed by atoms with E-state index in [1.807, 2.05) is 0 Å². The van der Waals surface area contributed by atoms with Crippen LogP contribution in [0.3, 0.4) is 0 Å². The molecule has 2 N–H and O–H groups in total. The van der Waals surface area contributed by atoms with Gasteiger partial charge in [-0.2, -0.15) is 0 Å². The fourth-order valence-corrected chi connectivity index (χ4v) is 2.30. The quantitative estimate of drug-likeness (QED) is 0.875. The SMILES string of the molecule is O=C(CCNc1ccc(F)c(Cl)c1)Nc1ccc2c(c1)OCO2. The molecule has 0 fully saturated rings. The number of benzene rings is 2. The zero-order valence-electron chi connectivity index (χ0n) is 12.1. The van der Waals surface area contributed by atoms with Crippen molar-refractivity contribution in [2.75, 3.05) is 24.0 Å². The first-order valence-corrected chi connectivity index (χ1v) is 7.38. The second-order valence-corrected chi connectivity index (χ2v) is 5.33. The number of fused-ring (bicyclic) bond motifs is 1. The van der Waals surface area contributed by atoms with Crippen LogP contribution >= 0.6 is 11.6 Å². The summed E-state index contributed by atoms with van der Waals surface area (Å²) in [7, 11) is 0. The number of ether oxygens (including phenoxy) is 2. The van der Waals surface area contributed by atoms with Crippen molar-refractivity contribution in [3.8, 4) is 11.5 Å². The molecule has 7 heteroatoms. The Morgan fingerprint density at radius 2 is 1.91 bits per heavy atom. The van der Waals surface area contributed by atoms with Crippen LogP contribution in [0.1, 0.15) is 6.42 Å². The summed E-state index contributed by atoms with van der Waals surface area (Å²) in [5, 5.41) is 5.83. The molecule has 0 saturated carbocycles. The Hall–Kier alpha value is -2.47. The molecule has 0 radical (unpaired) electrons. The first kappa shape index (κ1) is 15.4. The van der Waals surface area contributed by atoms with Gasteiger partial charge in [0, 0.05) is 30.4 Å². The highest BCUT2D eigenvalue weighted by Crippen LogP contribution is 2.34. The summed E-state index contributed by atoms with van der Waals surface area (Å²) >= 11 is 5.69. The average molecular weight is 337 g/mol. The molecule has 1 aliphatic heterocycles. The smallest absolute Gasteiger partial charge is 0.231 e. The number of nitrogens with one attached hydrogen (secondary N) is 2. The lowest BCUT2D eigenvalue weighted by Gasteiger charge is -2.08. The highest BCUT2D eigenvalue weighted by molar-refractivity contribution is 6.31. The number of carbonyl (C=O) groups excluding carboxylic acids is 1. The monoisotopic (exact) mass is 336 g/mol. The summed E-state index contributed by atoms with van der Waals surface area (Å²) in [6.45, 7) is 0.592. The largest absolute Gasteiger partial charge is 0.454 e. The highest BCUT2D eigenvalue weighted by Gasteiger charge is 2.14. The van der Waals surface area contributed by atoms with Gasteiger partial charge in [-0.05, 0) is 30.3 Å². The molecule has 23 heavy (non-hydrogen) atoms. The summed E-state index contributed by atoms with van der Waals surface area (Å²) in [6, 6.07) is 9.53. The molecule has 0 unspecified atom stereocenters. The zero-order valence-corrected chi connectivity index (χ0v) is 12.8. The van der Waals surface area contributed by atoms with E-state index in [1.54, 1.807) is 24.3 Å². The van der Waals surface area contributed by atoms with Crippen LogP contribution in [-0.2, 0) is 4.79 Å². The van der Waals surface area contributed by atoms with Gasteiger partial charge in [0.25, 0.3) is 0 Å². The summed E-state index contributed by atoms with van der Waals surface area (Å²) in [5.41, 5.74) is 1.30. The van der Waals surface area contributed by atoms with Gasteiger partial charge in [0.05, 0.1) is 5.02 Å². The third-order valence-corrected chi connectivity index (χ3v) is 3.55. The molecule has 3 rings (SSSR count). The summed E-state index contributed by atoms with van der Waals surface area (Å²) in [6.07, 6.45) is 0.253. The van der Waals surface area contributed by atoms with Gasteiger partial charge < -0.3 is 20.1 Å². The molecule has 0 aromatic heterocycles. The third kappa shape index (κ3) is 3.84. The number of hydrogen-bond acceptors (Lipinski definition) is 4. The lowest BCUT2D eigenvalue weighted by atomic mass is 10.2. The van der Waals surface area contributed by atoms with Gasteiger partial charge in [-0.25, -0.2) is 4.39 Å².